The molecule has 1 atom stereocenters. The number of carboxylic acid groups (broad SMARTS) is 1. The molecule has 26 heavy (non-hydrogen) atoms. The number of carbonyl (C=O) groups is 2. The molecule has 1 amide bonds. The lowest BCUT2D eigenvalue weighted by Crippen LogP contribution is -2.40. The Bertz CT molecular complexity index is 884. The van der Waals surface area contributed by atoms with Crippen molar-refractivity contribution >= 4 is 23.5 Å². The summed E-state index contributed by atoms with van der Waals surface area (Å²) in [4.78, 5) is 25.9. The van der Waals surface area contributed by atoms with Crippen molar-refractivity contribution in [2.75, 3.05) is 13.1 Å². The third-order valence-corrected chi connectivity index (χ3v) is 6.17. The van der Waals surface area contributed by atoms with Crippen LogP contribution in [0.25, 0.3) is 5.69 Å². The van der Waals surface area contributed by atoms with Crippen LogP contribution in [0.1, 0.15) is 35.3 Å². The summed E-state index contributed by atoms with van der Waals surface area (Å²) in [7, 11) is 0. The zero-order valence-corrected chi connectivity index (χ0v) is 15.2. The first kappa shape index (κ1) is 17.1. The molecular formula is C19H20ClN3O3. The van der Waals surface area contributed by atoms with Crippen LogP contribution in [0.5, 0.6) is 0 Å². The van der Waals surface area contributed by atoms with Crippen molar-refractivity contribution in [1.82, 2.24) is 14.7 Å². The van der Waals surface area contributed by atoms with Crippen LogP contribution < -0.4 is 0 Å². The van der Waals surface area contributed by atoms with Crippen molar-refractivity contribution in [3.05, 3.63) is 46.7 Å². The molecule has 1 aromatic heterocycles. The average molecular weight is 374 g/mol. The number of hydrogen-bond donors (Lipinski definition) is 1. The summed E-state index contributed by atoms with van der Waals surface area (Å²) in [5, 5.41) is 14.1. The van der Waals surface area contributed by atoms with Crippen LogP contribution in [0, 0.1) is 18.3 Å². The summed E-state index contributed by atoms with van der Waals surface area (Å²) < 4.78 is 1.68. The van der Waals surface area contributed by atoms with Crippen LogP contribution >= 0.6 is 11.6 Å². The third kappa shape index (κ3) is 2.69. The van der Waals surface area contributed by atoms with Crippen molar-refractivity contribution in [3.8, 4) is 5.69 Å². The summed E-state index contributed by atoms with van der Waals surface area (Å²) in [6, 6.07) is 7.38. The van der Waals surface area contributed by atoms with E-state index in [1.165, 1.54) is 0 Å². The van der Waals surface area contributed by atoms with Gasteiger partial charge in [-0.25, -0.2) is 4.68 Å². The first-order valence-electron chi connectivity index (χ1n) is 8.74. The number of likely N-dealkylation sites (tertiary alicyclic amines) is 1. The predicted octanol–water partition coefficient (Wildman–Crippen LogP) is 3.16. The van der Waals surface area contributed by atoms with Gasteiger partial charge >= 0.3 is 5.97 Å². The van der Waals surface area contributed by atoms with E-state index < -0.39 is 5.97 Å². The minimum Gasteiger partial charge on any atom is -0.481 e. The van der Waals surface area contributed by atoms with Gasteiger partial charge in [0.05, 0.1) is 34.1 Å². The van der Waals surface area contributed by atoms with Gasteiger partial charge in [0.25, 0.3) is 5.91 Å². The molecule has 0 bridgehead atoms. The number of aromatic nitrogens is 2. The van der Waals surface area contributed by atoms with E-state index in [1.54, 1.807) is 16.9 Å². The summed E-state index contributed by atoms with van der Waals surface area (Å²) in [6.07, 6.45) is 3.84. The van der Waals surface area contributed by atoms with Crippen LogP contribution in [0.4, 0.5) is 0 Å². The van der Waals surface area contributed by atoms with Crippen molar-refractivity contribution in [2.45, 2.75) is 26.2 Å². The van der Waals surface area contributed by atoms with Crippen molar-refractivity contribution in [2.24, 2.45) is 11.3 Å². The first-order valence-corrected chi connectivity index (χ1v) is 9.12. The SMILES string of the molecule is Cc1c(C(=O)N2CCC3(CC2)CC3C(=O)O)cnn1-c1ccccc1Cl. The second kappa shape index (κ2) is 6.13. The van der Waals surface area contributed by atoms with E-state index in [0.29, 0.717) is 23.7 Å². The van der Waals surface area contributed by atoms with Crippen LogP contribution in [0.2, 0.25) is 5.02 Å². The maximum atomic E-state index is 12.9. The number of para-hydroxylation sites is 1. The number of hydrogen-bond acceptors (Lipinski definition) is 3. The molecule has 1 saturated carbocycles. The van der Waals surface area contributed by atoms with Gasteiger partial charge in [0.1, 0.15) is 0 Å². The minimum atomic E-state index is -0.707. The van der Waals surface area contributed by atoms with Gasteiger partial charge in [-0.2, -0.15) is 5.10 Å². The number of piperidine rings is 1. The Balaban J connectivity index is 1.50. The highest BCUT2D eigenvalue weighted by Gasteiger charge is 2.59. The Morgan fingerprint density at radius 2 is 1.96 bits per heavy atom. The van der Waals surface area contributed by atoms with E-state index in [-0.39, 0.29) is 17.2 Å². The zero-order valence-electron chi connectivity index (χ0n) is 14.5. The van der Waals surface area contributed by atoms with Crippen molar-refractivity contribution in [3.63, 3.8) is 0 Å². The number of carbonyl (C=O) groups excluding carboxylic acids is 1. The largest absolute Gasteiger partial charge is 0.481 e. The molecule has 7 heteroatoms. The van der Waals surface area contributed by atoms with Crippen molar-refractivity contribution in [1.29, 1.82) is 0 Å². The Morgan fingerprint density at radius 1 is 1.27 bits per heavy atom. The zero-order chi connectivity index (χ0) is 18.5. The fraction of sp³-hybridized carbons (Fsp3) is 0.421. The first-order chi connectivity index (χ1) is 12.4. The monoisotopic (exact) mass is 373 g/mol. The van der Waals surface area contributed by atoms with E-state index in [0.717, 1.165) is 30.6 Å². The van der Waals surface area contributed by atoms with E-state index in [4.69, 9.17) is 11.6 Å². The van der Waals surface area contributed by atoms with E-state index in [2.05, 4.69) is 5.10 Å². The Kier molecular flexibility index (Phi) is 4.03. The molecule has 1 aliphatic carbocycles. The van der Waals surface area contributed by atoms with Gasteiger partial charge in [-0.1, -0.05) is 23.7 Å². The quantitative estimate of drug-likeness (QED) is 0.896. The van der Waals surface area contributed by atoms with E-state index in [9.17, 15) is 14.7 Å². The Labute approximate surface area is 156 Å². The standard InChI is InChI=1S/C19H20ClN3O3/c1-12-13(11-21-23(12)16-5-3-2-4-15(16)20)17(24)22-8-6-19(7-9-22)10-14(19)18(25)26/h2-5,11,14H,6-10H2,1H3,(H,25,26). The summed E-state index contributed by atoms with van der Waals surface area (Å²) in [6.45, 7) is 3.05. The minimum absolute atomic E-state index is 0.0526. The molecule has 2 fully saturated rings. The molecule has 1 unspecified atom stereocenters. The molecule has 2 heterocycles. The second-order valence-electron chi connectivity index (χ2n) is 7.26. The van der Waals surface area contributed by atoms with Crippen LogP contribution in [0.15, 0.2) is 30.5 Å². The smallest absolute Gasteiger partial charge is 0.307 e. The lowest BCUT2D eigenvalue weighted by molar-refractivity contribution is -0.139. The normalized spacial score (nSPS) is 21.0. The number of amides is 1. The number of nitrogens with zero attached hydrogens (tertiary/aromatic N) is 3. The van der Waals surface area contributed by atoms with E-state index >= 15 is 0 Å². The number of aliphatic carboxylic acids is 1. The number of rotatable bonds is 3. The van der Waals surface area contributed by atoms with Crippen molar-refractivity contribution < 1.29 is 14.7 Å². The number of benzene rings is 1. The van der Waals surface area contributed by atoms with E-state index in [1.807, 2.05) is 30.0 Å². The maximum Gasteiger partial charge on any atom is 0.307 e. The number of carboxylic acids is 1. The Hall–Kier alpha value is -2.34. The highest BCUT2D eigenvalue weighted by Crippen LogP contribution is 2.59. The molecule has 1 spiro atoms. The molecule has 4 rings (SSSR count). The van der Waals surface area contributed by atoms with Crippen LogP contribution in [-0.2, 0) is 4.79 Å². The number of halogens is 1. The van der Waals surface area contributed by atoms with Gasteiger partial charge in [-0.05, 0) is 43.7 Å². The molecule has 6 nitrogen and oxygen atoms in total. The lowest BCUT2D eigenvalue weighted by Gasteiger charge is -2.32. The molecule has 136 valence electrons. The molecule has 1 saturated heterocycles. The fourth-order valence-corrected chi connectivity index (χ4v) is 4.28. The highest BCUT2D eigenvalue weighted by molar-refractivity contribution is 6.32. The lowest BCUT2D eigenvalue weighted by atomic mass is 9.90. The average Bonchev–Trinajstić information content (AvgIpc) is 3.20. The third-order valence-electron chi connectivity index (χ3n) is 5.86. The summed E-state index contributed by atoms with van der Waals surface area (Å²) in [5.41, 5.74) is 1.97. The van der Waals surface area contributed by atoms with Gasteiger partial charge in [0, 0.05) is 13.1 Å². The molecule has 1 aliphatic heterocycles. The summed E-state index contributed by atoms with van der Waals surface area (Å²) in [5.74, 6) is -0.991. The van der Waals surface area contributed by atoms with Crippen LogP contribution in [-0.4, -0.2) is 44.8 Å². The molecule has 1 N–H and O–H groups in total. The predicted molar refractivity (Wildman–Crippen MR) is 96.6 cm³/mol. The van der Waals surface area contributed by atoms with Gasteiger partial charge in [-0.3, -0.25) is 9.59 Å². The van der Waals surface area contributed by atoms with Gasteiger partial charge in [0.15, 0.2) is 0 Å². The summed E-state index contributed by atoms with van der Waals surface area (Å²) >= 11 is 6.24. The molecular weight excluding hydrogens is 354 g/mol. The van der Waals surface area contributed by atoms with Crippen LogP contribution in [0.3, 0.4) is 0 Å². The molecule has 0 radical (unpaired) electrons. The van der Waals surface area contributed by atoms with Gasteiger partial charge in [0.2, 0.25) is 0 Å². The Morgan fingerprint density at radius 3 is 2.58 bits per heavy atom. The van der Waals surface area contributed by atoms with Gasteiger partial charge in [-0.15, -0.1) is 0 Å². The second-order valence-corrected chi connectivity index (χ2v) is 7.66. The topological polar surface area (TPSA) is 75.4 Å². The molecule has 2 aliphatic rings. The highest BCUT2D eigenvalue weighted by atomic mass is 35.5. The fourth-order valence-electron chi connectivity index (χ4n) is 4.06. The van der Waals surface area contributed by atoms with Gasteiger partial charge < -0.3 is 10.0 Å². The molecule has 2 aromatic rings. The maximum absolute atomic E-state index is 12.9. The molecule has 1 aromatic carbocycles.